The van der Waals surface area contributed by atoms with Gasteiger partial charge in [-0.15, -0.1) is 11.3 Å². The third-order valence-electron chi connectivity index (χ3n) is 2.21. The van der Waals surface area contributed by atoms with Gasteiger partial charge in [0.05, 0.1) is 17.8 Å². The zero-order valence-corrected chi connectivity index (χ0v) is 10.9. The topological polar surface area (TPSA) is 48.1 Å². The number of aromatic nitrogens is 1. The fourth-order valence-electron chi connectivity index (χ4n) is 1.24. The van der Waals surface area contributed by atoms with Crippen LogP contribution in [0.1, 0.15) is 38.4 Å². The first-order valence-corrected chi connectivity index (χ1v) is 5.89. The van der Waals surface area contributed by atoms with E-state index in [2.05, 4.69) is 31.1 Å². The van der Waals surface area contributed by atoms with Gasteiger partial charge in [-0.3, -0.25) is 0 Å². The number of ether oxygens (including phenoxy) is 1. The van der Waals surface area contributed by atoms with Gasteiger partial charge >= 0.3 is 0 Å². The smallest absolute Gasteiger partial charge is 0.115 e. The van der Waals surface area contributed by atoms with Crippen molar-refractivity contribution in [2.75, 3.05) is 13.7 Å². The van der Waals surface area contributed by atoms with Crippen molar-refractivity contribution in [1.29, 1.82) is 0 Å². The SMILES string of the molecule is COCC(C)(N)c1nc(C(C)(C)C)cs1. The number of nitrogens with zero attached hydrogens (tertiary/aromatic N) is 1. The summed E-state index contributed by atoms with van der Waals surface area (Å²) in [5.74, 6) is 0. The van der Waals surface area contributed by atoms with E-state index in [1.54, 1.807) is 18.4 Å². The van der Waals surface area contributed by atoms with Crippen molar-refractivity contribution >= 4 is 11.3 Å². The first kappa shape index (κ1) is 12.6. The lowest BCUT2D eigenvalue weighted by molar-refractivity contribution is 0.140. The van der Waals surface area contributed by atoms with E-state index < -0.39 is 5.54 Å². The van der Waals surface area contributed by atoms with Gasteiger partial charge in [0.1, 0.15) is 5.01 Å². The van der Waals surface area contributed by atoms with Crippen LogP contribution in [0.5, 0.6) is 0 Å². The fraction of sp³-hybridized carbons (Fsp3) is 0.727. The van der Waals surface area contributed by atoms with Crippen molar-refractivity contribution in [1.82, 2.24) is 4.98 Å². The molecule has 1 rings (SSSR count). The van der Waals surface area contributed by atoms with Crippen molar-refractivity contribution in [2.45, 2.75) is 38.6 Å². The summed E-state index contributed by atoms with van der Waals surface area (Å²) in [6, 6.07) is 0. The van der Waals surface area contributed by atoms with E-state index in [4.69, 9.17) is 10.5 Å². The second kappa shape index (κ2) is 4.20. The maximum atomic E-state index is 6.13. The molecule has 15 heavy (non-hydrogen) atoms. The second-order valence-electron chi connectivity index (χ2n) is 5.14. The maximum Gasteiger partial charge on any atom is 0.115 e. The van der Waals surface area contributed by atoms with E-state index in [1.165, 1.54) is 0 Å². The molecule has 0 radical (unpaired) electrons. The molecule has 3 nitrogen and oxygen atoms in total. The van der Waals surface area contributed by atoms with E-state index in [-0.39, 0.29) is 5.41 Å². The van der Waals surface area contributed by atoms with E-state index >= 15 is 0 Å². The predicted molar refractivity (Wildman–Crippen MR) is 64.2 cm³/mol. The molecule has 2 N–H and O–H groups in total. The van der Waals surface area contributed by atoms with Crippen molar-refractivity contribution in [3.63, 3.8) is 0 Å². The lowest BCUT2D eigenvalue weighted by Crippen LogP contribution is -2.37. The Labute approximate surface area is 95.7 Å². The van der Waals surface area contributed by atoms with Gasteiger partial charge in [-0.25, -0.2) is 4.98 Å². The summed E-state index contributed by atoms with van der Waals surface area (Å²) < 4.78 is 5.10. The summed E-state index contributed by atoms with van der Waals surface area (Å²) in [5, 5.41) is 3.02. The molecule has 1 unspecified atom stereocenters. The highest BCUT2D eigenvalue weighted by atomic mass is 32.1. The summed E-state index contributed by atoms with van der Waals surface area (Å²) in [5.41, 5.74) is 6.82. The van der Waals surface area contributed by atoms with Crippen LogP contribution in [0.4, 0.5) is 0 Å². The number of nitrogens with two attached hydrogens (primary N) is 1. The Morgan fingerprint density at radius 1 is 1.40 bits per heavy atom. The lowest BCUT2D eigenvalue weighted by Gasteiger charge is -2.21. The van der Waals surface area contributed by atoms with Crippen LogP contribution in [0.25, 0.3) is 0 Å². The van der Waals surface area contributed by atoms with Crippen LogP contribution in [0, 0.1) is 0 Å². The zero-order chi connectivity index (χ0) is 11.7. The molecule has 86 valence electrons. The Balaban J connectivity index is 2.94. The van der Waals surface area contributed by atoms with Crippen LogP contribution in [0.3, 0.4) is 0 Å². The number of methoxy groups -OCH3 is 1. The molecule has 0 saturated carbocycles. The molecule has 1 heterocycles. The van der Waals surface area contributed by atoms with Gasteiger partial charge < -0.3 is 10.5 Å². The monoisotopic (exact) mass is 228 g/mol. The molecule has 0 aliphatic heterocycles. The number of thiazole rings is 1. The van der Waals surface area contributed by atoms with E-state index in [9.17, 15) is 0 Å². The van der Waals surface area contributed by atoms with E-state index in [0.29, 0.717) is 6.61 Å². The maximum absolute atomic E-state index is 6.13. The summed E-state index contributed by atoms with van der Waals surface area (Å²) in [4.78, 5) is 4.59. The number of hydrogen-bond donors (Lipinski definition) is 1. The predicted octanol–water partition coefficient (Wildman–Crippen LogP) is 2.26. The van der Waals surface area contributed by atoms with Crippen LogP contribution < -0.4 is 5.73 Å². The average Bonchev–Trinajstić information content (AvgIpc) is 2.50. The molecule has 0 fully saturated rings. The molecule has 0 bridgehead atoms. The standard InChI is InChI=1S/C11H20N2OS/c1-10(2,3)8-6-15-9(13-8)11(4,12)7-14-5/h6H,7,12H2,1-5H3. The van der Waals surface area contributed by atoms with Crippen LogP contribution in [0.2, 0.25) is 0 Å². The van der Waals surface area contributed by atoms with Gasteiger partial charge in [-0.05, 0) is 6.92 Å². The van der Waals surface area contributed by atoms with Gasteiger partial charge in [0.15, 0.2) is 0 Å². The van der Waals surface area contributed by atoms with E-state index in [1.807, 2.05) is 6.92 Å². The Morgan fingerprint density at radius 2 is 2.00 bits per heavy atom. The molecule has 0 spiro atoms. The number of rotatable bonds is 3. The summed E-state index contributed by atoms with van der Waals surface area (Å²) in [6.07, 6.45) is 0. The van der Waals surface area contributed by atoms with Gasteiger partial charge in [0.2, 0.25) is 0 Å². The summed E-state index contributed by atoms with van der Waals surface area (Å²) in [7, 11) is 1.66. The minimum atomic E-state index is -0.483. The molecule has 1 atom stereocenters. The first-order chi connectivity index (χ1) is 6.77. The molecular formula is C11H20N2OS. The van der Waals surface area contributed by atoms with Crippen molar-refractivity contribution in [3.05, 3.63) is 16.1 Å². The summed E-state index contributed by atoms with van der Waals surface area (Å²) >= 11 is 1.61. The summed E-state index contributed by atoms with van der Waals surface area (Å²) in [6.45, 7) is 8.88. The van der Waals surface area contributed by atoms with Gasteiger partial charge in [-0.2, -0.15) is 0 Å². The Kier molecular flexibility index (Phi) is 3.53. The third kappa shape index (κ3) is 3.00. The lowest BCUT2D eigenvalue weighted by atomic mass is 9.93. The zero-order valence-electron chi connectivity index (χ0n) is 10.1. The minimum absolute atomic E-state index is 0.0813. The highest BCUT2D eigenvalue weighted by molar-refractivity contribution is 7.09. The quantitative estimate of drug-likeness (QED) is 0.863. The third-order valence-corrected chi connectivity index (χ3v) is 3.33. The second-order valence-corrected chi connectivity index (χ2v) is 6.00. The highest BCUT2D eigenvalue weighted by Crippen LogP contribution is 2.28. The Hall–Kier alpha value is -0.450. The highest BCUT2D eigenvalue weighted by Gasteiger charge is 2.27. The fourth-order valence-corrected chi connectivity index (χ4v) is 2.35. The Morgan fingerprint density at radius 3 is 2.40 bits per heavy atom. The van der Waals surface area contributed by atoms with Crippen LogP contribution in [0.15, 0.2) is 5.38 Å². The molecule has 1 aromatic rings. The Bertz CT molecular complexity index is 326. The van der Waals surface area contributed by atoms with Gasteiger partial charge in [-0.1, -0.05) is 20.8 Å². The molecule has 4 heteroatoms. The van der Waals surface area contributed by atoms with Crippen LogP contribution in [-0.4, -0.2) is 18.7 Å². The minimum Gasteiger partial charge on any atom is -0.382 e. The molecule has 0 aliphatic carbocycles. The molecule has 0 aliphatic rings. The average molecular weight is 228 g/mol. The van der Waals surface area contributed by atoms with Crippen molar-refractivity contribution < 1.29 is 4.74 Å². The largest absolute Gasteiger partial charge is 0.382 e. The normalized spacial score (nSPS) is 16.4. The van der Waals surface area contributed by atoms with Gasteiger partial charge in [0.25, 0.3) is 0 Å². The molecule has 0 saturated heterocycles. The van der Waals surface area contributed by atoms with Crippen molar-refractivity contribution in [3.8, 4) is 0 Å². The van der Waals surface area contributed by atoms with E-state index in [0.717, 1.165) is 10.7 Å². The first-order valence-electron chi connectivity index (χ1n) is 5.01. The number of hydrogen-bond acceptors (Lipinski definition) is 4. The molecule has 0 aromatic carbocycles. The van der Waals surface area contributed by atoms with Crippen LogP contribution >= 0.6 is 11.3 Å². The van der Waals surface area contributed by atoms with Crippen LogP contribution in [-0.2, 0) is 15.7 Å². The van der Waals surface area contributed by atoms with Gasteiger partial charge in [0, 0.05) is 17.9 Å². The van der Waals surface area contributed by atoms with Crippen molar-refractivity contribution in [2.24, 2.45) is 5.73 Å². The molecule has 0 amide bonds. The molecule has 1 aromatic heterocycles. The molecular weight excluding hydrogens is 208 g/mol.